The van der Waals surface area contributed by atoms with Gasteiger partial charge in [0.1, 0.15) is 0 Å². The summed E-state index contributed by atoms with van der Waals surface area (Å²) in [7, 11) is 0. The molecule has 1 saturated heterocycles. The second-order valence-electron chi connectivity index (χ2n) is 6.45. The Hall–Kier alpha value is -2.25. The maximum atomic E-state index is 12.2. The van der Waals surface area contributed by atoms with Crippen molar-refractivity contribution in [2.45, 2.75) is 27.2 Å². The van der Waals surface area contributed by atoms with Crippen LogP contribution in [0.2, 0.25) is 0 Å². The van der Waals surface area contributed by atoms with Crippen LogP contribution < -0.4 is 10.3 Å². The molecule has 3 rings (SSSR count). The van der Waals surface area contributed by atoms with Gasteiger partial charge in [0, 0.05) is 24.0 Å². The fraction of sp³-hybridized carbons (Fsp3) is 0.421. The molecule has 2 aromatic rings. The maximum absolute atomic E-state index is 12.2. The minimum Gasteiger partial charge on any atom is -0.378 e. The number of thiazole rings is 1. The largest absolute Gasteiger partial charge is 0.378 e. The Morgan fingerprint density at radius 3 is 2.85 bits per heavy atom. The number of hydrogen-bond donors (Lipinski definition) is 1. The number of benzene rings is 1. The summed E-state index contributed by atoms with van der Waals surface area (Å²) in [5, 5.41) is 7.13. The van der Waals surface area contributed by atoms with E-state index in [-0.39, 0.29) is 12.3 Å². The monoisotopic (exact) mass is 372 g/mol. The van der Waals surface area contributed by atoms with E-state index in [1.165, 1.54) is 5.56 Å². The summed E-state index contributed by atoms with van der Waals surface area (Å²) in [6, 6.07) is 6.19. The predicted octanol–water partition coefficient (Wildman–Crippen LogP) is 2.68. The summed E-state index contributed by atoms with van der Waals surface area (Å²) in [6.07, 6.45) is 0.227. The van der Waals surface area contributed by atoms with E-state index in [2.05, 4.69) is 33.4 Å². The van der Waals surface area contributed by atoms with Crippen LogP contribution in [-0.4, -0.2) is 42.9 Å². The molecular weight excluding hydrogens is 348 g/mol. The first kappa shape index (κ1) is 18.5. The molecule has 1 amide bonds. The van der Waals surface area contributed by atoms with Gasteiger partial charge in [0.05, 0.1) is 31.0 Å². The number of hydrazone groups is 1. The van der Waals surface area contributed by atoms with Crippen molar-refractivity contribution in [1.82, 2.24) is 10.4 Å². The van der Waals surface area contributed by atoms with Gasteiger partial charge in [-0.2, -0.15) is 5.10 Å². The molecule has 1 aliphatic rings. The number of aromatic nitrogens is 1. The van der Waals surface area contributed by atoms with E-state index < -0.39 is 0 Å². The lowest BCUT2D eigenvalue weighted by molar-refractivity contribution is -0.120. The first-order valence-corrected chi connectivity index (χ1v) is 9.59. The van der Waals surface area contributed by atoms with Crippen LogP contribution in [0.25, 0.3) is 0 Å². The van der Waals surface area contributed by atoms with Gasteiger partial charge in [-0.3, -0.25) is 4.79 Å². The summed E-state index contributed by atoms with van der Waals surface area (Å²) in [5.74, 6) is -0.159. The van der Waals surface area contributed by atoms with E-state index in [1.807, 2.05) is 31.4 Å². The maximum Gasteiger partial charge on any atom is 0.246 e. The zero-order valence-corrected chi connectivity index (χ0v) is 16.2. The molecule has 2 heterocycles. The number of morpholine rings is 1. The zero-order valence-electron chi connectivity index (χ0n) is 15.4. The molecule has 0 bridgehead atoms. The summed E-state index contributed by atoms with van der Waals surface area (Å²) in [5.41, 5.74) is 7.61. The molecule has 1 N–H and O–H groups in total. The predicted molar refractivity (Wildman–Crippen MR) is 105 cm³/mol. The van der Waals surface area contributed by atoms with Crippen molar-refractivity contribution in [2.24, 2.45) is 5.10 Å². The third-order valence-corrected chi connectivity index (χ3v) is 5.23. The summed E-state index contributed by atoms with van der Waals surface area (Å²) in [4.78, 5) is 18.9. The van der Waals surface area contributed by atoms with Gasteiger partial charge in [-0.05, 0) is 26.3 Å². The van der Waals surface area contributed by atoms with Crippen LogP contribution in [-0.2, 0) is 16.0 Å². The Kier molecular flexibility index (Phi) is 6.00. The molecule has 1 aromatic heterocycles. The number of amides is 1. The quantitative estimate of drug-likeness (QED) is 0.647. The van der Waals surface area contributed by atoms with Crippen molar-refractivity contribution in [3.63, 3.8) is 0 Å². The van der Waals surface area contributed by atoms with Gasteiger partial charge in [0.15, 0.2) is 5.13 Å². The van der Waals surface area contributed by atoms with Crippen LogP contribution in [0.4, 0.5) is 5.13 Å². The van der Waals surface area contributed by atoms with Gasteiger partial charge in [0.2, 0.25) is 5.91 Å². The second-order valence-corrected chi connectivity index (χ2v) is 7.28. The van der Waals surface area contributed by atoms with E-state index >= 15 is 0 Å². The van der Waals surface area contributed by atoms with Gasteiger partial charge < -0.3 is 9.64 Å². The van der Waals surface area contributed by atoms with Crippen LogP contribution in [0.15, 0.2) is 28.7 Å². The third-order valence-electron chi connectivity index (χ3n) is 4.28. The number of carbonyl (C=O) groups excluding carboxylic acids is 1. The Labute approximate surface area is 157 Å². The summed E-state index contributed by atoms with van der Waals surface area (Å²) >= 11 is 1.57. The standard InChI is InChI=1S/C19H24N4O2S/c1-13-4-5-17(14(2)10-13)15(3)21-22-18(24)11-16-12-26-19(20-16)23-6-8-25-9-7-23/h4-5,10,12H,6-9,11H2,1-3H3,(H,22,24)/b21-15-. The molecule has 1 aliphatic heterocycles. The average molecular weight is 372 g/mol. The van der Waals surface area contributed by atoms with Gasteiger partial charge in [-0.15, -0.1) is 11.3 Å². The number of hydrogen-bond acceptors (Lipinski definition) is 6. The number of nitrogens with zero attached hydrogens (tertiary/aromatic N) is 3. The van der Waals surface area contributed by atoms with E-state index in [9.17, 15) is 4.79 Å². The molecule has 138 valence electrons. The SMILES string of the molecule is C/C(=N/NC(=O)Cc1csc(N2CCOCC2)n1)c1ccc(C)cc1C. The van der Waals surface area contributed by atoms with Crippen LogP contribution in [0.5, 0.6) is 0 Å². The number of aryl methyl sites for hydroxylation is 2. The molecule has 1 fully saturated rings. The second kappa shape index (κ2) is 8.42. The van der Waals surface area contributed by atoms with Crippen molar-refractivity contribution in [2.75, 3.05) is 31.2 Å². The van der Waals surface area contributed by atoms with Crippen molar-refractivity contribution in [3.05, 3.63) is 46.0 Å². The Morgan fingerprint density at radius 1 is 1.35 bits per heavy atom. The third kappa shape index (κ3) is 4.68. The lowest BCUT2D eigenvalue weighted by atomic mass is 10.0. The highest BCUT2D eigenvalue weighted by Gasteiger charge is 2.15. The van der Waals surface area contributed by atoms with Crippen LogP contribution in [0.3, 0.4) is 0 Å². The molecule has 0 saturated carbocycles. The van der Waals surface area contributed by atoms with Crippen molar-refractivity contribution in [3.8, 4) is 0 Å². The van der Waals surface area contributed by atoms with Crippen molar-refractivity contribution >= 4 is 28.1 Å². The van der Waals surface area contributed by atoms with Crippen LogP contribution >= 0.6 is 11.3 Å². The van der Waals surface area contributed by atoms with Gasteiger partial charge in [-0.25, -0.2) is 10.4 Å². The summed E-state index contributed by atoms with van der Waals surface area (Å²) in [6.45, 7) is 9.15. The average Bonchev–Trinajstić information content (AvgIpc) is 3.09. The lowest BCUT2D eigenvalue weighted by Gasteiger charge is -2.26. The fourth-order valence-electron chi connectivity index (χ4n) is 2.91. The van der Waals surface area contributed by atoms with E-state index in [1.54, 1.807) is 11.3 Å². The number of rotatable bonds is 5. The Bertz CT molecular complexity index is 810. The van der Waals surface area contributed by atoms with Crippen LogP contribution in [0.1, 0.15) is 29.3 Å². The Balaban J connectivity index is 1.57. The molecule has 0 atom stereocenters. The first-order valence-electron chi connectivity index (χ1n) is 8.71. The van der Waals surface area contributed by atoms with Crippen LogP contribution in [0, 0.1) is 13.8 Å². The van der Waals surface area contributed by atoms with E-state index in [0.29, 0.717) is 0 Å². The molecule has 1 aromatic carbocycles. The number of nitrogens with one attached hydrogen (secondary N) is 1. The molecular formula is C19H24N4O2S. The normalized spacial score (nSPS) is 15.2. The van der Waals surface area contributed by atoms with E-state index in [0.717, 1.165) is 54.0 Å². The lowest BCUT2D eigenvalue weighted by Crippen LogP contribution is -2.36. The van der Waals surface area contributed by atoms with Crippen molar-refractivity contribution in [1.29, 1.82) is 0 Å². The summed E-state index contributed by atoms with van der Waals surface area (Å²) < 4.78 is 5.35. The molecule has 26 heavy (non-hydrogen) atoms. The highest BCUT2D eigenvalue weighted by molar-refractivity contribution is 7.13. The smallest absolute Gasteiger partial charge is 0.246 e. The number of anilines is 1. The highest BCUT2D eigenvalue weighted by atomic mass is 32.1. The molecule has 0 radical (unpaired) electrons. The van der Waals surface area contributed by atoms with Gasteiger partial charge in [0.25, 0.3) is 0 Å². The minimum atomic E-state index is -0.159. The fourth-order valence-corrected chi connectivity index (χ4v) is 3.79. The molecule has 0 spiro atoms. The first-order chi connectivity index (χ1) is 12.5. The number of ether oxygens (including phenoxy) is 1. The number of carbonyl (C=O) groups is 1. The zero-order chi connectivity index (χ0) is 18.5. The van der Waals surface area contributed by atoms with Gasteiger partial charge in [-0.1, -0.05) is 23.8 Å². The van der Waals surface area contributed by atoms with E-state index in [4.69, 9.17) is 4.74 Å². The Morgan fingerprint density at radius 2 is 2.12 bits per heavy atom. The molecule has 6 nitrogen and oxygen atoms in total. The molecule has 7 heteroatoms. The molecule has 0 unspecified atom stereocenters. The highest BCUT2D eigenvalue weighted by Crippen LogP contribution is 2.21. The van der Waals surface area contributed by atoms with Gasteiger partial charge >= 0.3 is 0 Å². The topological polar surface area (TPSA) is 66.8 Å². The van der Waals surface area contributed by atoms with Crippen molar-refractivity contribution < 1.29 is 9.53 Å². The minimum absolute atomic E-state index is 0.159. The molecule has 0 aliphatic carbocycles.